The Kier molecular flexibility index (Phi) is 4.14. The zero-order valence-corrected chi connectivity index (χ0v) is 12.8. The van der Waals surface area contributed by atoms with Gasteiger partial charge in [0.05, 0.1) is 10.6 Å². The second-order valence-corrected chi connectivity index (χ2v) is 6.56. The molecular formula is C14H19BrN2O3. The molecule has 0 spiro atoms. The Labute approximate surface area is 126 Å². The van der Waals surface area contributed by atoms with Crippen molar-refractivity contribution in [1.82, 2.24) is 10.2 Å². The molecule has 6 heteroatoms. The molecule has 1 aliphatic heterocycles. The van der Waals surface area contributed by atoms with Crippen molar-refractivity contribution in [1.29, 1.82) is 0 Å². The molecule has 20 heavy (non-hydrogen) atoms. The Bertz CT molecular complexity index is 491. The van der Waals surface area contributed by atoms with Crippen molar-refractivity contribution in [2.75, 3.05) is 13.1 Å². The van der Waals surface area contributed by atoms with Gasteiger partial charge in [0.1, 0.15) is 6.26 Å². The zero-order chi connectivity index (χ0) is 14.1. The average molecular weight is 343 g/mol. The van der Waals surface area contributed by atoms with E-state index in [-0.39, 0.29) is 18.1 Å². The number of likely N-dealkylation sites (tertiary alicyclic amines) is 1. The van der Waals surface area contributed by atoms with Gasteiger partial charge in [0.2, 0.25) is 0 Å². The van der Waals surface area contributed by atoms with Gasteiger partial charge in [0.25, 0.3) is 5.91 Å². The first kappa shape index (κ1) is 14.1. The van der Waals surface area contributed by atoms with E-state index >= 15 is 0 Å². The lowest BCUT2D eigenvalue weighted by Gasteiger charge is -2.29. The number of hydrogen-bond acceptors (Lipinski definition) is 4. The number of hydrogen-bond donors (Lipinski definition) is 2. The lowest BCUT2D eigenvalue weighted by atomic mass is 10.1. The first-order chi connectivity index (χ1) is 9.63. The number of aliphatic hydroxyl groups excluding tert-OH is 1. The molecule has 2 heterocycles. The normalized spacial score (nSPS) is 30.8. The maximum Gasteiger partial charge on any atom is 0.287 e. The van der Waals surface area contributed by atoms with Crippen molar-refractivity contribution < 1.29 is 14.3 Å². The smallest absolute Gasteiger partial charge is 0.287 e. The number of β-amino-alcohol motifs (C(OH)–C–C–N with tert-alkyl or cyclic N) is 1. The average Bonchev–Trinajstić information content (AvgIpc) is 3.10. The third-order valence-corrected chi connectivity index (χ3v) is 4.67. The van der Waals surface area contributed by atoms with Crippen LogP contribution in [0.3, 0.4) is 0 Å². The van der Waals surface area contributed by atoms with E-state index < -0.39 is 0 Å². The van der Waals surface area contributed by atoms with Crippen LogP contribution in [-0.2, 0) is 0 Å². The molecule has 5 nitrogen and oxygen atoms in total. The molecule has 0 aromatic carbocycles. The van der Waals surface area contributed by atoms with Crippen LogP contribution in [0.25, 0.3) is 0 Å². The Morgan fingerprint density at radius 1 is 1.45 bits per heavy atom. The summed E-state index contributed by atoms with van der Waals surface area (Å²) in [5, 5.41) is 12.7. The summed E-state index contributed by atoms with van der Waals surface area (Å²) >= 11 is 3.28. The minimum absolute atomic E-state index is 0.150. The van der Waals surface area contributed by atoms with Crippen molar-refractivity contribution in [2.24, 2.45) is 0 Å². The zero-order valence-electron chi connectivity index (χ0n) is 11.2. The van der Waals surface area contributed by atoms with Crippen molar-refractivity contribution in [2.45, 2.75) is 43.9 Å². The van der Waals surface area contributed by atoms with Crippen molar-refractivity contribution >= 4 is 21.8 Å². The molecule has 1 unspecified atom stereocenters. The molecule has 1 amide bonds. The molecular weight excluding hydrogens is 324 g/mol. The second-order valence-electron chi connectivity index (χ2n) is 5.64. The van der Waals surface area contributed by atoms with Crippen LogP contribution in [0.2, 0.25) is 0 Å². The summed E-state index contributed by atoms with van der Waals surface area (Å²) in [4.78, 5) is 14.5. The number of nitrogens with zero attached hydrogens (tertiary/aromatic N) is 1. The van der Waals surface area contributed by atoms with Crippen LogP contribution < -0.4 is 5.32 Å². The number of furan rings is 1. The minimum atomic E-state index is -0.215. The van der Waals surface area contributed by atoms with Crippen molar-refractivity contribution in [3.05, 3.63) is 22.6 Å². The van der Waals surface area contributed by atoms with Gasteiger partial charge in [0.15, 0.2) is 5.76 Å². The quantitative estimate of drug-likeness (QED) is 0.878. The summed E-state index contributed by atoms with van der Waals surface area (Å²) in [5.41, 5.74) is 0. The van der Waals surface area contributed by atoms with E-state index in [1.807, 2.05) is 0 Å². The Morgan fingerprint density at radius 3 is 2.95 bits per heavy atom. The molecule has 1 saturated heterocycles. The number of amides is 1. The van der Waals surface area contributed by atoms with E-state index in [2.05, 4.69) is 26.1 Å². The Morgan fingerprint density at radius 2 is 2.30 bits per heavy atom. The van der Waals surface area contributed by atoms with E-state index in [0.29, 0.717) is 11.8 Å². The molecule has 110 valence electrons. The first-order valence-corrected chi connectivity index (χ1v) is 7.90. The first-order valence-electron chi connectivity index (χ1n) is 7.10. The molecule has 2 aliphatic rings. The van der Waals surface area contributed by atoms with E-state index in [4.69, 9.17) is 4.42 Å². The van der Waals surface area contributed by atoms with Crippen molar-refractivity contribution in [3.8, 4) is 0 Å². The van der Waals surface area contributed by atoms with Gasteiger partial charge in [0, 0.05) is 31.2 Å². The number of carbonyl (C=O) groups is 1. The van der Waals surface area contributed by atoms with Gasteiger partial charge in [-0.1, -0.05) is 0 Å². The van der Waals surface area contributed by atoms with E-state index in [9.17, 15) is 9.90 Å². The van der Waals surface area contributed by atoms with E-state index in [1.165, 1.54) is 6.26 Å². The Hall–Kier alpha value is -0.850. The minimum Gasteiger partial charge on any atom is -0.458 e. The highest BCUT2D eigenvalue weighted by Crippen LogP contribution is 2.27. The molecule has 0 radical (unpaired) electrons. The third-order valence-electron chi connectivity index (χ3n) is 4.25. The standard InChI is InChI=1S/C14H19BrN2O3/c15-9-6-13(20-8-9)14(19)16-11-2-1-3-12(11)17-5-4-10(18)7-17/h6,8,10-12,18H,1-5,7H2,(H,16,19)/t10?,11-,12+/m1/s1. The van der Waals surface area contributed by atoms with E-state index in [0.717, 1.165) is 43.2 Å². The van der Waals surface area contributed by atoms with Crippen LogP contribution in [0.4, 0.5) is 0 Å². The number of rotatable bonds is 3. The number of aliphatic hydroxyl groups is 1. The highest BCUT2D eigenvalue weighted by molar-refractivity contribution is 9.10. The molecule has 3 atom stereocenters. The van der Waals surface area contributed by atoms with Crippen LogP contribution >= 0.6 is 15.9 Å². The molecule has 1 aromatic rings. The summed E-state index contributed by atoms with van der Waals surface area (Å²) in [6.07, 6.45) is 5.32. The summed E-state index contributed by atoms with van der Waals surface area (Å²) in [6, 6.07) is 2.17. The number of halogens is 1. The number of nitrogens with one attached hydrogen (secondary N) is 1. The van der Waals surface area contributed by atoms with E-state index in [1.54, 1.807) is 6.07 Å². The summed E-state index contributed by atoms with van der Waals surface area (Å²) < 4.78 is 5.97. The fraction of sp³-hybridized carbons (Fsp3) is 0.643. The van der Waals surface area contributed by atoms with Gasteiger partial charge in [-0.05, 0) is 41.6 Å². The topological polar surface area (TPSA) is 65.7 Å². The lowest BCUT2D eigenvalue weighted by Crippen LogP contribution is -2.48. The van der Waals surface area contributed by atoms with Gasteiger partial charge in [-0.25, -0.2) is 0 Å². The summed E-state index contributed by atoms with van der Waals surface area (Å²) in [5.74, 6) is 0.177. The van der Waals surface area contributed by atoms with Gasteiger partial charge in [-0.2, -0.15) is 0 Å². The third kappa shape index (κ3) is 2.92. The van der Waals surface area contributed by atoms with Gasteiger partial charge in [-0.3, -0.25) is 9.69 Å². The highest BCUT2D eigenvalue weighted by atomic mass is 79.9. The monoisotopic (exact) mass is 342 g/mol. The number of carbonyl (C=O) groups excluding carboxylic acids is 1. The highest BCUT2D eigenvalue weighted by Gasteiger charge is 2.36. The molecule has 1 aromatic heterocycles. The predicted octanol–water partition coefficient (Wildman–Crippen LogP) is 1.76. The molecule has 2 N–H and O–H groups in total. The largest absolute Gasteiger partial charge is 0.458 e. The summed E-state index contributed by atoms with van der Waals surface area (Å²) in [6.45, 7) is 1.65. The lowest BCUT2D eigenvalue weighted by molar-refractivity contribution is 0.0878. The molecule has 2 fully saturated rings. The van der Waals surface area contributed by atoms with Crippen molar-refractivity contribution in [3.63, 3.8) is 0 Å². The van der Waals surface area contributed by atoms with Crippen LogP contribution in [-0.4, -0.2) is 47.2 Å². The van der Waals surface area contributed by atoms with Crippen LogP contribution in [0.15, 0.2) is 21.2 Å². The fourth-order valence-electron chi connectivity index (χ4n) is 3.29. The SMILES string of the molecule is O=C(N[C@@H]1CCC[C@@H]1N1CCC(O)C1)c1cc(Br)co1. The van der Waals surface area contributed by atoms with Crippen LogP contribution in [0.5, 0.6) is 0 Å². The van der Waals surface area contributed by atoms with Gasteiger partial charge < -0.3 is 14.8 Å². The van der Waals surface area contributed by atoms with Crippen LogP contribution in [0, 0.1) is 0 Å². The summed E-state index contributed by atoms with van der Waals surface area (Å²) in [7, 11) is 0. The van der Waals surface area contributed by atoms with Gasteiger partial charge in [-0.15, -0.1) is 0 Å². The maximum absolute atomic E-state index is 12.1. The molecule has 1 saturated carbocycles. The molecule has 0 bridgehead atoms. The molecule has 3 rings (SSSR count). The van der Waals surface area contributed by atoms with Crippen LogP contribution in [0.1, 0.15) is 36.2 Å². The Balaban J connectivity index is 1.62. The fourth-order valence-corrected chi connectivity index (χ4v) is 3.59. The molecule has 1 aliphatic carbocycles. The predicted molar refractivity (Wildman–Crippen MR) is 77.5 cm³/mol. The second kappa shape index (κ2) is 5.87. The van der Waals surface area contributed by atoms with Gasteiger partial charge >= 0.3 is 0 Å². The maximum atomic E-state index is 12.1.